The molecule has 0 unspecified atom stereocenters. The molecule has 2 saturated heterocycles. The van der Waals surface area contributed by atoms with Gasteiger partial charge < -0.3 is 24.4 Å². The molecule has 3 aromatic heterocycles. The average molecular weight is 545 g/mol. The first-order chi connectivity index (χ1) is 18.0. The highest BCUT2D eigenvalue weighted by molar-refractivity contribution is 7.98. The number of morpholine rings is 2. The van der Waals surface area contributed by atoms with Crippen LogP contribution < -0.4 is 10.2 Å². The largest absolute Gasteiger partial charge is 0.379 e. The topological polar surface area (TPSA) is 84.9 Å². The minimum Gasteiger partial charge on any atom is -0.379 e. The summed E-state index contributed by atoms with van der Waals surface area (Å²) < 4.78 is 18.5. The van der Waals surface area contributed by atoms with Crippen molar-refractivity contribution in [3.05, 3.63) is 11.1 Å². The lowest BCUT2D eigenvalue weighted by atomic mass is 9.90. The Morgan fingerprint density at radius 3 is 2.51 bits per heavy atom. The Labute approximate surface area is 226 Å². The zero-order chi connectivity index (χ0) is 25.4. The fraction of sp³-hybridized carbons (Fsp3) is 0.654. The Kier molecular flexibility index (Phi) is 7.43. The highest BCUT2D eigenvalue weighted by Gasteiger charge is 2.33. The lowest BCUT2D eigenvalue weighted by molar-refractivity contribution is -0.0396. The van der Waals surface area contributed by atoms with Crippen LogP contribution in [0.1, 0.15) is 31.4 Å². The summed E-state index contributed by atoms with van der Waals surface area (Å²) in [6.45, 7) is 13.7. The van der Waals surface area contributed by atoms with Gasteiger partial charge >= 0.3 is 0 Å². The Hall–Kier alpha value is -1.76. The first-order valence-corrected chi connectivity index (χ1v) is 15.3. The van der Waals surface area contributed by atoms with E-state index in [1.165, 1.54) is 16.5 Å². The van der Waals surface area contributed by atoms with E-state index in [0.29, 0.717) is 6.61 Å². The molecular formula is C26H36N6O3S2. The smallest absolute Gasteiger partial charge is 0.189 e. The van der Waals surface area contributed by atoms with Gasteiger partial charge in [-0.3, -0.25) is 4.90 Å². The third kappa shape index (κ3) is 5.26. The number of nitrogens with one attached hydrogen (secondary N) is 1. The quantitative estimate of drug-likeness (QED) is 0.269. The summed E-state index contributed by atoms with van der Waals surface area (Å²) in [5.41, 5.74) is 3.33. The molecule has 9 nitrogen and oxygen atoms in total. The molecule has 6 heterocycles. The van der Waals surface area contributed by atoms with Gasteiger partial charge in [0.15, 0.2) is 5.16 Å². The summed E-state index contributed by atoms with van der Waals surface area (Å²) in [6.07, 6.45) is 3.94. The van der Waals surface area contributed by atoms with Crippen molar-refractivity contribution in [2.24, 2.45) is 0 Å². The molecule has 6 rings (SSSR count). The third-order valence-corrected chi connectivity index (χ3v) is 9.02. The van der Waals surface area contributed by atoms with Gasteiger partial charge in [-0.15, -0.1) is 11.3 Å². The second-order valence-electron chi connectivity index (χ2n) is 10.5. The number of thioether (sulfide) groups is 1. The van der Waals surface area contributed by atoms with E-state index in [1.54, 1.807) is 23.1 Å². The first kappa shape index (κ1) is 25.5. The molecule has 200 valence electrons. The van der Waals surface area contributed by atoms with Gasteiger partial charge in [0.1, 0.15) is 16.5 Å². The molecule has 0 atom stereocenters. The maximum Gasteiger partial charge on any atom is 0.189 e. The molecule has 0 saturated carbocycles. The van der Waals surface area contributed by atoms with Gasteiger partial charge in [0, 0.05) is 50.1 Å². The van der Waals surface area contributed by atoms with Crippen molar-refractivity contribution in [2.45, 2.75) is 44.1 Å². The predicted octanol–water partition coefficient (Wildman–Crippen LogP) is 3.78. The zero-order valence-electron chi connectivity index (χ0n) is 22.0. The molecule has 3 aromatic rings. The van der Waals surface area contributed by atoms with Crippen LogP contribution in [0.3, 0.4) is 0 Å². The van der Waals surface area contributed by atoms with E-state index in [1.807, 2.05) is 6.26 Å². The van der Waals surface area contributed by atoms with Gasteiger partial charge in [0.25, 0.3) is 0 Å². The summed E-state index contributed by atoms with van der Waals surface area (Å²) >= 11 is 3.30. The second kappa shape index (κ2) is 10.8. The molecule has 37 heavy (non-hydrogen) atoms. The molecule has 2 fully saturated rings. The van der Waals surface area contributed by atoms with Crippen molar-refractivity contribution in [2.75, 3.05) is 82.2 Å². The molecule has 11 heteroatoms. The van der Waals surface area contributed by atoms with Gasteiger partial charge in [0.05, 0.1) is 48.9 Å². The lowest BCUT2D eigenvalue weighted by Crippen LogP contribution is -2.39. The van der Waals surface area contributed by atoms with E-state index in [9.17, 15) is 0 Å². The number of pyridine rings is 1. The molecule has 3 aliphatic rings. The number of hydrogen-bond donors (Lipinski definition) is 1. The number of nitrogens with zero attached hydrogens (tertiary/aromatic N) is 5. The van der Waals surface area contributed by atoms with E-state index >= 15 is 0 Å². The average Bonchev–Trinajstić information content (AvgIpc) is 3.30. The van der Waals surface area contributed by atoms with Crippen molar-refractivity contribution in [1.29, 1.82) is 0 Å². The van der Waals surface area contributed by atoms with Crippen LogP contribution in [0.2, 0.25) is 0 Å². The number of ether oxygens (including phenoxy) is 3. The minimum atomic E-state index is -0.228. The maximum atomic E-state index is 6.29. The molecule has 0 spiro atoms. The number of thiophene rings is 1. The SMILES string of the molecule is CSc1nc(NCCCN2CCOCC2)c2sc3nc(N4CCOCC4)c4c(c3c2n1)CC(C)(C)OC4. The van der Waals surface area contributed by atoms with Crippen LogP contribution in [0.15, 0.2) is 5.16 Å². The van der Waals surface area contributed by atoms with Crippen LogP contribution in [0.5, 0.6) is 0 Å². The van der Waals surface area contributed by atoms with Gasteiger partial charge in [0.2, 0.25) is 0 Å². The highest BCUT2D eigenvalue weighted by atomic mass is 32.2. The standard InChI is InChI=1S/C26H36N6O3S2/c1-26(2)15-17-18(16-35-26)23(32-9-13-34-14-10-32)30-24-19(17)20-21(37-24)22(29-25(28-20)36-3)27-5-4-6-31-7-11-33-12-8-31/h4-16H2,1-3H3,(H,27,28,29). The molecule has 0 aromatic carbocycles. The molecule has 0 aliphatic carbocycles. The Balaban J connectivity index is 1.39. The van der Waals surface area contributed by atoms with Gasteiger partial charge in [-0.05, 0) is 38.6 Å². The Morgan fingerprint density at radius 1 is 1.00 bits per heavy atom. The van der Waals surface area contributed by atoms with Crippen molar-refractivity contribution >= 4 is 55.2 Å². The summed E-state index contributed by atoms with van der Waals surface area (Å²) in [5.74, 6) is 1.97. The van der Waals surface area contributed by atoms with Gasteiger partial charge in [-0.1, -0.05) is 11.8 Å². The van der Waals surface area contributed by atoms with Crippen molar-refractivity contribution in [3.8, 4) is 0 Å². The predicted molar refractivity (Wildman–Crippen MR) is 150 cm³/mol. The molecule has 0 radical (unpaired) electrons. The normalized spacial score (nSPS) is 20.5. The molecule has 0 bridgehead atoms. The number of fused-ring (bicyclic) bond motifs is 5. The van der Waals surface area contributed by atoms with E-state index in [0.717, 1.165) is 110 Å². The fourth-order valence-corrected chi connectivity index (χ4v) is 6.89. The van der Waals surface area contributed by atoms with Crippen LogP contribution in [-0.4, -0.2) is 97.4 Å². The summed E-state index contributed by atoms with van der Waals surface area (Å²) in [5, 5.41) is 5.62. The molecule has 1 N–H and O–H groups in total. The van der Waals surface area contributed by atoms with Gasteiger partial charge in [-0.2, -0.15) is 0 Å². The summed E-state index contributed by atoms with van der Waals surface area (Å²) in [6, 6.07) is 0. The van der Waals surface area contributed by atoms with Crippen LogP contribution in [0, 0.1) is 0 Å². The highest BCUT2D eigenvalue weighted by Crippen LogP contribution is 2.44. The van der Waals surface area contributed by atoms with Crippen LogP contribution in [0.4, 0.5) is 11.6 Å². The van der Waals surface area contributed by atoms with E-state index in [2.05, 4.69) is 29.0 Å². The minimum absolute atomic E-state index is 0.228. The summed E-state index contributed by atoms with van der Waals surface area (Å²) in [4.78, 5) is 21.0. The maximum absolute atomic E-state index is 6.29. The Morgan fingerprint density at radius 2 is 1.76 bits per heavy atom. The molecular weight excluding hydrogens is 508 g/mol. The number of hydrogen-bond acceptors (Lipinski definition) is 11. The monoisotopic (exact) mass is 544 g/mol. The van der Waals surface area contributed by atoms with E-state index in [4.69, 9.17) is 29.2 Å². The van der Waals surface area contributed by atoms with Crippen molar-refractivity contribution in [3.63, 3.8) is 0 Å². The van der Waals surface area contributed by atoms with Crippen LogP contribution >= 0.6 is 23.1 Å². The number of anilines is 2. The first-order valence-electron chi connectivity index (χ1n) is 13.2. The van der Waals surface area contributed by atoms with Gasteiger partial charge in [-0.25, -0.2) is 15.0 Å². The number of rotatable bonds is 7. The van der Waals surface area contributed by atoms with Crippen LogP contribution in [-0.2, 0) is 27.2 Å². The summed E-state index contributed by atoms with van der Waals surface area (Å²) in [7, 11) is 0. The second-order valence-corrected chi connectivity index (χ2v) is 12.2. The lowest BCUT2D eigenvalue weighted by Gasteiger charge is -2.36. The van der Waals surface area contributed by atoms with Crippen LogP contribution in [0.25, 0.3) is 20.4 Å². The molecule has 3 aliphatic heterocycles. The molecule has 0 amide bonds. The van der Waals surface area contributed by atoms with Crippen molar-refractivity contribution in [1.82, 2.24) is 19.9 Å². The van der Waals surface area contributed by atoms with E-state index in [-0.39, 0.29) is 5.60 Å². The third-order valence-electron chi connectivity index (χ3n) is 7.39. The fourth-order valence-electron chi connectivity index (χ4n) is 5.42. The zero-order valence-corrected chi connectivity index (χ0v) is 23.6. The van der Waals surface area contributed by atoms with E-state index < -0.39 is 0 Å². The van der Waals surface area contributed by atoms with Crippen molar-refractivity contribution < 1.29 is 14.2 Å². The number of aromatic nitrogens is 3. The Bertz CT molecular complexity index is 1270.